The molecule has 1 fully saturated rings. The molecule has 0 N–H and O–H groups in total. The van der Waals surface area contributed by atoms with Crippen molar-refractivity contribution < 1.29 is 55.9 Å². The number of amides is 2. The summed E-state index contributed by atoms with van der Waals surface area (Å²) in [5.74, 6) is 1.71. The molecule has 0 atom stereocenters. The van der Waals surface area contributed by atoms with Crippen molar-refractivity contribution in [1.82, 2.24) is 24.8 Å². The van der Waals surface area contributed by atoms with Crippen LogP contribution in [0.3, 0.4) is 0 Å². The third-order valence-electron chi connectivity index (χ3n) is 12.6. The third kappa shape index (κ3) is 12.2. The van der Waals surface area contributed by atoms with Gasteiger partial charge in [-0.25, -0.2) is 19.6 Å². The first-order valence-corrected chi connectivity index (χ1v) is 24.8. The molecule has 0 saturated carbocycles. The van der Waals surface area contributed by atoms with Gasteiger partial charge in [-0.2, -0.15) is 28.0 Å². The minimum atomic E-state index is -4.89. The SMILES string of the molecule is COc1ccc(CN(Cc2ccc(OC)cc2)c2cc(C)c(C(F)(F)F)c(-c3cc4nc(OCC5(N(C)C)COC5)nc5c4c(c3Cl)OCCN5Cc3cccnc3N(C(=O)OC(C)(C)C)C(=O)OC(C)(C)C)n2)cc1. The van der Waals surface area contributed by atoms with Crippen molar-refractivity contribution in [3.8, 4) is 34.5 Å². The maximum Gasteiger partial charge on any atom is 0.425 e. The molecule has 1 saturated heterocycles. The molecule has 0 bridgehead atoms. The monoisotopic (exact) mass is 1070 g/mol. The van der Waals surface area contributed by atoms with Crippen molar-refractivity contribution in [2.45, 2.75) is 91.0 Å². The van der Waals surface area contributed by atoms with Crippen LogP contribution in [-0.2, 0) is 40.0 Å². The second-order valence-electron chi connectivity index (χ2n) is 20.8. The standard InChI is InChI=1S/C55H62ClF3N8O9/c1-33-25-41(66(27-34-14-18-37(70-10)19-15-34)28-35-16-20-38(71-11)21-17-35)62-45(43(33)55(57,58)59)39-26-40-42-46(44(39)56)73-24-23-65(48(42)63-49(61-40)74-32-54(64(8)9)30-72-31-54)29-36-13-12-22-60-47(36)67(50(68)75-52(2,3)4)51(69)76-53(5,6)7/h12-22,25-26H,23-24,27-32H2,1-11H3. The Labute approximate surface area is 444 Å². The summed E-state index contributed by atoms with van der Waals surface area (Å²) in [6, 6.07) is 20.9. The lowest BCUT2D eigenvalue weighted by atomic mass is 9.97. The third-order valence-corrected chi connectivity index (χ3v) is 13.0. The topological polar surface area (TPSA) is 163 Å². The van der Waals surface area contributed by atoms with Crippen LogP contribution >= 0.6 is 11.6 Å². The van der Waals surface area contributed by atoms with Gasteiger partial charge in [0.1, 0.15) is 53.1 Å². The van der Waals surface area contributed by atoms with Gasteiger partial charge in [-0.05, 0) is 122 Å². The van der Waals surface area contributed by atoms with E-state index in [4.69, 9.17) is 59.7 Å². The number of nitrogens with zero attached hydrogens (tertiary/aromatic N) is 8. The summed E-state index contributed by atoms with van der Waals surface area (Å²) in [7, 11) is 6.94. The Morgan fingerprint density at radius 3 is 1.93 bits per heavy atom. The van der Waals surface area contributed by atoms with E-state index in [1.807, 2.05) is 72.4 Å². The second-order valence-corrected chi connectivity index (χ2v) is 21.2. The Kier molecular flexibility index (Phi) is 15.8. The van der Waals surface area contributed by atoms with E-state index in [1.54, 1.807) is 72.8 Å². The normalized spacial score (nSPS) is 14.3. The van der Waals surface area contributed by atoms with E-state index in [0.29, 0.717) is 30.3 Å². The van der Waals surface area contributed by atoms with Gasteiger partial charge < -0.3 is 43.0 Å². The van der Waals surface area contributed by atoms with Crippen LogP contribution in [0.25, 0.3) is 22.2 Å². The fourth-order valence-electron chi connectivity index (χ4n) is 8.64. The molecule has 3 aromatic carbocycles. The summed E-state index contributed by atoms with van der Waals surface area (Å²) in [6.07, 6.45) is -5.50. The first kappa shape index (κ1) is 55.1. The van der Waals surface area contributed by atoms with E-state index in [0.717, 1.165) is 16.0 Å². The molecule has 17 nitrogen and oxygen atoms in total. The molecule has 404 valence electrons. The highest BCUT2D eigenvalue weighted by Gasteiger charge is 2.43. The number of carbonyl (C=O) groups is 2. The molecule has 6 aromatic rings. The van der Waals surface area contributed by atoms with Crippen LogP contribution in [0.1, 0.15) is 69.4 Å². The van der Waals surface area contributed by atoms with Gasteiger partial charge in [0.2, 0.25) is 0 Å². The van der Waals surface area contributed by atoms with Crippen LogP contribution in [0, 0.1) is 6.92 Å². The highest BCUT2D eigenvalue weighted by molar-refractivity contribution is 6.36. The number of aromatic nitrogens is 4. The number of methoxy groups -OCH3 is 2. The van der Waals surface area contributed by atoms with Crippen LogP contribution in [0.4, 0.5) is 40.2 Å². The minimum Gasteiger partial charge on any atom is -0.497 e. The quantitative estimate of drug-likeness (QED) is 0.0953. The molecule has 0 unspecified atom stereocenters. The van der Waals surface area contributed by atoms with E-state index in [1.165, 1.54) is 25.3 Å². The van der Waals surface area contributed by atoms with E-state index in [9.17, 15) is 9.59 Å². The van der Waals surface area contributed by atoms with Crippen molar-refractivity contribution >= 4 is 52.1 Å². The summed E-state index contributed by atoms with van der Waals surface area (Å²) in [5, 5.41) is 0.0945. The average Bonchev–Trinajstić information content (AvgIpc) is 3.59. The Balaban J connectivity index is 1.30. The van der Waals surface area contributed by atoms with Crippen LogP contribution in [-0.4, -0.2) is 115 Å². The molecular weight excluding hydrogens is 1010 g/mol. The lowest BCUT2D eigenvalue weighted by molar-refractivity contribution is -0.141. The van der Waals surface area contributed by atoms with Crippen molar-refractivity contribution in [2.75, 3.05) is 76.0 Å². The van der Waals surface area contributed by atoms with E-state index < -0.39 is 46.4 Å². The number of imide groups is 1. The number of anilines is 3. The van der Waals surface area contributed by atoms with Crippen molar-refractivity contribution in [2.24, 2.45) is 0 Å². The van der Waals surface area contributed by atoms with Gasteiger partial charge in [-0.1, -0.05) is 41.9 Å². The zero-order valence-electron chi connectivity index (χ0n) is 44.4. The molecule has 0 spiro atoms. The van der Waals surface area contributed by atoms with Gasteiger partial charge in [-0.3, -0.25) is 4.90 Å². The number of carbonyl (C=O) groups excluding carboxylic acids is 2. The number of halogens is 4. The van der Waals surface area contributed by atoms with E-state index in [-0.39, 0.29) is 95.7 Å². The lowest BCUT2D eigenvalue weighted by Crippen LogP contribution is -2.63. The first-order valence-electron chi connectivity index (χ1n) is 24.5. The molecule has 0 radical (unpaired) electrons. The molecule has 21 heteroatoms. The smallest absolute Gasteiger partial charge is 0.425 e. The highest BCUT2D eigenvalue weighted by Crippen LogP contribution is 2.49. The lowest BCUT2D eigenvalue weighted by Gasteiger charge is -2.45. The Morgan fingerprint density at radius 2 is 1.42 bits per heavy atom. The molecule has 2 aliphatic rings. The predicted octanol–water partition coefficient (Wildman–Crippen LogP) is 11.1. The number of hydrogen-bond donors (Lipinski definition) is 0. The molecular formula is C55H62ClF3N8O9. The highest BCUT2D eigenvalue weighted by atomic mass is 35.5. The number of ether oxygens (including phenoxy) is 7. The van der Waals surface area contributed by atoms with E-state index in [2.05, 4.69) is 4.98 Å². The molecule has 8 rings (SSSR count). The van der Waals surface area contributed by atoms with Gasteiger partial charge in [0.25, 0.3) is 0 Å². The number of rotatable bonds is 15. The predicted molar refractivity (Wildman–Crippen MR) is 282 cm³/mol. The first-order chi connectivity index (χ1) is 35.9. The number of alkyl halides is 3. The van der Waals surface area contributed by atoms with Crippen molar-refractivity contribution in [3.63, 3.8) is 0 Å². The summed E-state index contributed by atoms with van der Waals surface area (Å²) in [6.45, 7) is 12.8. The van der Waals surface area contributed by atoms with Crippen molar-refractivity contribution in [1.29, 1.82) is 0 Å². The minimum absolute atomic E-state index is 0.0113. The number of aryl methyl sites for hydroxylation is 1. The maximum absolute atomic E-state index is 15.6. The number of likely N-dealkylation sites (N-methyl/N-ethyl adjacent to an activating group) is 1. The average molecular weight is 1070 g/mol. The van der Waals surface area contributed by atoms with Crippen LogP contribution in [0.2, 0.25) is 5.02 Å². The zero-order valence-corrected chi connectivity index (χ0v) is 45.2. The molecule has 3 aromatic heterocycles. The summed E-state index contributed by atoms with van der Waals surface area (Å²) in [4.78, 5) is 53.4. The number of benzene rings is 3. The Hall–Kier alpha value is -7.16. The molecule has 76 heavy (non-hydrogen) atoms. The fraction of sp³-hybridized carbons (Fsp3) is 0.418. The summed E-state index contributed by atoms with van der Waals surface area (Å²) >= 11 is 7.38. The number of hydrogen-bond acceptors (Lipinski definition) is 16. The molecule has 5 heterocycles. The molecule has 2 amide bonds. The van der Waals surface area contributed by atoms with Gasteiger partial charge in [-0.15, -0.1) is 0 Å². The Morgan fingerprint density at radius 1 is 0.829 bits per heavy atom. The van der Waals surface area contributed by atoms with Crippen LogP contribution in [0.5, 0.6) is 23.3 Å². The van der Waals surface area contributed by atoms with Gasteiger partial charge in [0.05, 0.1) is 61.2 Å². The van der Waals surface area contributed by atoms with Crippen LogP contribution in [0.15, 0.2) is 79.0 Å². The summed E-state index contributed by atoms with van der Waals surface area (Å²) in [5.41, 5.74) is -1.97. The zero-order chi connectivity index (χ0) is 54.9. The second kappa shape index (κ2) is 21.8. The largest absolute Gasteiger partial charge is 0.497 e. The molecule has 0 aliphatic carbocycles. The van der Waals surface area contributed by atoms with Crippen LogP contribution < -0.4 is 33.6 Å². The Bertz CT molecular complexity index is 3010. The fourth-order valence-corrected chi connectivity index (χ4v) is 8.93. The van der Waals surface area contributed by atoms with Crippen molar-refractivity contribution in [3.05, 3.63) is 112 Å². The summed E-state index contributed by atoms with van der Waals surface area (Å²) < 4.78 is 87.5. The van der Waals surface area contributed by atoms with E-state index >= 15 is 13.2 Å². The van der Waals surface area contributed by atoms with Gasteiger partial charge >= 0.3 is 24.4 Å². The van der Waals surface area contributed by atoms with Gasteiger partial charge in [0, 0.05) is 37.0 Å². The maximum atomic E-state index is 15.6. The number of pyridine rings is 2. The van der Waals surface area contributed by atoms with Gasteiger partial charge in [0.15, 0.2) is 11.6 Å². The molecule has 2 aliphatic heterocycles.